The Morgan fingerprint density at radius 1 is 1.21 bits per heavy atom. The van der Waals surface area contributed by atoms with Gasteiger partial charge >= 0.3 is 12.0 Å². The molecule has 1 aromatic carbocycles. The minimum absolute atomic E-state index is 0.166. The zero-order chi connectivity index (χ0) is 21.1. The first-order valence-electron chi connectivity index (χ1n) is 9.55. The Hall–Kier alpha value is -2.87. The van der Waals surface area contributed by atoms with Crippen molar-refractivity contribution >= 4 is 34.2 Å². The molecule has 1 aromatic heterocycles. The lowest BCUT2D eigenvalue weighted by atomic mass is 10.1. The summed E-state index contributed by atoms with van der Waals surface area (Å²) in [6, 6.07) is 6.83. The van der Waals surface area contributed by atoms with E-state index < -0.39 is 11.9 Å². The number of anilines is 1. The van der Waals surface area contributed by atoms with Gasteiger partial charge in [-0.1, -0.05) is 12.1 Å². The number of hydrogen-bond donors (Lipinski definition) is 2. The number of amides is 3. The molecule has 1 saturated carbocycles. The zero-order valence-electron chi connectivity index (χ0n) is 16.8. The molecule has 2 aromatic rings. The molecule has 0 unspecified atom stereocenters. The highest BCUT2D eigenvalue weighted by Crippen LogP contribution is 2.35. The van der Waals surface area contributed by atoms with Crippen LogP contribution in [-0.2, 0) is 11.3 Å². The fourth-order valence-electron chi connectivity index (χ4n) is 3.06. The summed E-state index contributed by atoms with van der Waals surface area (Å²) in [6.45, 7) is 6.21. The number of nitrogens with one attached hydrogen (secondary N) is 1. The standard InChI is InChI=1S/C21H25N3O4S/c1-4-28-20(26)17-12(2)13(3)29-19(17)23-21(27)24(16-9-10-16)11-14-5-7-15(8-6-14)18(22)25/h5-8,16H,4,9-11H2,1-3H3,(H2,22,25)(H,23,27). The minimum Gasteiger partial charge on any atom is -0.462 e. The van der Waals surface area contributed by atoms with Crippen LogP contribution < -0.4 is 11.1 Å². The number of hydrogen-bond acceptors (Lipinski definition) is 5. The van der Waals surface area contributed by atoms with E-state index in [4.69, 9.17) is 10.5 Å². The Kier molecular flexibility index (Phi) is 6.22. The molecule has 3 rings (SSSR count). The van der Waals surface area contributed by atoms with Gasteiger partial charge in [-0.15, -0.1) is 11.3 Å². The second-order valence-corrected chi connectivity index (χ2v) is 8.28. The van der Waals surface area contributed by atoms with E-state index in [0.717, 1.165) is 28.8 Å². The van der Waals surface area contributed by atoms with E-state index in [2.05, 4.69) is 5.32 Å². The predicted molar refractivity (Wildman–Crippen MR) is 112 cm³/mol. The predicted octanol–water partition coefficient (Wildman–Crippen LogP) is 3.84. The first-order valence-corrected chi connectivity index (χ1v) is 10.4. The number of primary amides is 1. The van der Waals surface area contributed by atoms with E-state index in [1.807, 2.05) is 13.8 Å². The van der Waals surface area contributed by atoms with Crippen LogP contribution in [0.2, 0.25) is 0 Å². The van der Waals surface area contributed by atoms with E-state index >= 15 is 0 Å². The Balaban J connectivity index is 1.78. The maximum atomic E-state index is 13.0. The number of ether oxygens (including phenoxy) is 1. The van der Waals surface area contributed by atoms with Crippen molar-refractivity contribution in [2.45, 2.75) is 46.2 Å². The SMILES string of the molecule is CCOC(=O)c1c(NC(=O)N(Cc2ccc(C(N)=O)cc2)C2CC2)sc(C)c1C. The number of aryl methyl sites for hydroxylation is 1. The third-order valence-corrected chi connectivity index (χ3v) is 6.05. The fraction of sp³-hybridized carbons (Fsp3) is 0.381. The van der Waals surface area contributed by atoms with Gasteiger partial charge in [0.2, 0.25) is 5.91 Å². The molecule has 7 nitrogen and oxygen atoms in total. The van der Waals surface area contributed by atoms with Crippen molar-refractivity contribution in [3.63, 3.8) is 0 Å². The second-order valence-electron chi connectivity index (χ2n) is 7.06. The van der Waals surface area contributed by atoms with E-state index in [0.29, 0.717) is 22.7 Å². The Morgan fingerprint density at radius 2 is 1.86 bits per heavy atom. The lowest BCUT2D eigenvalue weighted by Gasteiger charge is -2.23. The van der Waals surface area contributed by atoms with E-state index in [1.165, 1.54) is 11.3 Å². The molecule has 0 aliphatic heterocycles. The van der Waals surface area contributed by atoms with Crippen molar-refractivity contribution in [3.05, 3.63) is 51.4 Å². The smallest absolute Gasteiger partial charge is 0.341 e. The number of carbonyl (C=O) groups is 3. The number of urea groups is 1. The highest BCUT2D eigenvalue weighted by molar-refractivity contribution is 7.16. The van der Waals surface area contributed by atoms with Gasteiger partial charge in [0.1, 0.15) is 5.00 Å². The lowest BCUT2D eigenvalue weighted by Crippen LogP contribution is -2.36. The Morgan fingerprint density at radius 3 is 2.41 bits per heavy atom. The molecule has 0 radical (unpaired) electrons. The summed E-state index contributed by atoms with van der Waals surface area (Å²) < 4.78 is 5.16. The van der Waals surface area contributed by atoms with Crippen molar-refractivity contribution in [1.29, 1.82) is 0 Å². The number of rotatable bonds is 7. The van der Waals surface area contributed by atoms with Crippen LogP contribution in [0.4, 0.5) is 9.80 Å². The van der Waals surface area contributed by atoms with Gasteiger partial charge in [0, 0.05) is 23.0 Å². The lowest BCUT2D eigenvalue weighted by molar-refractivity contribution is 0.0527. The number of nitrogens with two attached hydrogens (primary N) is 1. The van der Waals surface area contributed by atoms with Gasteiger partial charge in [-0.3, -0.25) is 10.1 Å². The highest BCUT2D eigenvalue weighted by Gasteiger charge is 2.33. The number of thiophene rings is 1. The maximum absolute atomic E-state index is 13.0. The average Bonchev–Trinajstić information content (AvgIpc) is 3.47. The molecule has 0 saturated heterocycles. The number of nitrogens with zero attached hydrogens (tertiary/aromatic N) is 1. The third kappa shape index (κ3) is 4.76. The topological polar surface area (TPSA) is 102 Å². The van der Waals surface area contributed by atoms with Crippen LogP contribution in [0.3, 0.4) is 0 Å². The minimum atomic E-state index is -0.483. The van der Waals surface area contributed by atoms with Gasteiger partial charge in [-0.25, -0.2) is 9.59 Å². The van der Waals surface area contributed by atoms with Gasteiger partial charge in [0.25, 0.3) is 0 Å². The Bertz CT molecular complexity index is 932. The van der Waals surface area contributed by atoms with Crippen LogP contribution in [-0.4, -0.2) is 35.5 Å². The molecule has 0 spiro atoms. The van der Waals surface area contributed by atoms with Crippen molar-refractivity contribution in [1.82, 2.24) is 4.90 Å². The molecule has 1 aliphatic rings. The third-order valence-electron chi connectivity index (χ3n) is 4.93. The summed E-state index contributed by atoms with van der Waals surface area (Å²) in [5.74, 6) is -0.909. The summed E-state index contributed by atoms with van der Waals surface area (Å²) in [4.78, 5) is 39.3. The molecule has 1 aliphatic carbocycles. The van der Waals surface area contributed by atoms with Crippen molar-refractivity contribution in [2.75, 3.05) is 11.9 Å². The van der Waals surface area contributed by atoms with E-state index in [9.17, 15) is 14.4 Å². The number of esters is 1. The molecule has 29 heavy (non-hydrogen) atoms. The second kappa shape index (κ2) is 8.65. The van der Waals surface area contributed by atoms with Crippen molar-refractivity contribution in [3.8, 4) is 0 Å². The summed E-state index contributed by atoms with van der Waals surface area (Å²) >= 11 is 1.37. The molecule has 3 amide bonds. The van der Waals surface area contributed by atoms with Crippen LogP contribution >= 0.6 is 11.3 Å². The fourth-order valence-corrected chi connectivity index (χ4v) is 4.10. The molecular formula is C21H25N3O4S. The molecule has 3 N–H and O–H groups in total. The normalized spacial score (nSPS) is 13.1. The quantitative estimate of drug-likeness (QED) is 0.671. The molecular weight excluding hydrogens is 390 g/mol. The molecule has 0 atom stereocenters. The summed E-state index contributed by atoms with van der Waals surface area (Å²) in [6.07, 6.45) is 1.89. The summed E-state index contributed by atoms with van der Waals surface area (Å²) in [7, 11) is 0. The Labute approximate surface area is 173 Å². The number of carbonyl (C=O) groups excluding carboxylic acids is 3. The van der Waals surface area contributed by atoms with Crippen LogP contribution in [0.15, 0.2) is 24.3 Å². The maximum Gasteiger partial charge on any atom is 0.341 e. The average molecular weight is 416 g/mol. The van der Waals surface area contributed by atoms with Crippen LogP contribution in [0.1, 0.15) is 56.5 Å². The van der Waals surface area contributed by atoms with Gasteiger partial charge in [0.05, 0.1) is 12.2 Å². The van der Waals surface area contributed by atoms with Gasteiger partial charge in [0.15, 0.2) is 0 Å². The van der Waals surface area contributed by atoms with Gasteiger partial charge < -0.3 is 15.4 Å². The van der Waals surface area contributed by atoms with Gasteiger partial charge in [-0.05, 0) is 56.9 Å². The summed E-state index contributed by atoms with van der Waals surface area (Å²) in [5, 5.41) is 3.43. The molecule has 154 valence electrons. The highest BCUT2D eigenvalue weighted by atomic mass is 32.1. The van der Waals surface area contributed by atoms with Gasteiger partial charge in [-0.2, -0.15) is 0 Å². The zero-order valence-corrected chi connectivity index (χ0v) is 17.6. The molecule has 1 fully saturated rings. The van der Waals surface area contributed by atoms with Crippen molar-refractivity contribution < 1.29 is 19.1 Å². The number of benzene rings is 1. The van der Waals surface area contributed by atoms with Crippen LogP contribution in [0.5, 0.6) is 0 Å². The van der Waals surface area contributed by atoms with E-state index in [1.54, 1.807) is 36.1 Å². The van der Waals surface area contributed by atoms with Crippen LogP contribution in [0, 0.1) is 13.8 Å². The molecule has 1 heterocycles. The molecule has 8 heteroatoms. The van der Waals surface area contributed by atoms with E-state index in [-0.39, 0.29) is 18.7 Å². The molecule has 0 bridgehead atoms. The summed E-state index contributed by atoms with van der Waals surface area (Å²) in [5.41, 5.74) is 7.86. The first kappa shape index (κ1) is 20.9. The monoisotopic (exact) mass is 415 g/mol. The first-order chi connectivity index (χ1) is 13.8. The van der Waals surface area contributed by atoms with Crippen molar-refractivity contribution in [2.24, 2.45) is 5.73 Å². The van der Waals surface area contributed by atoms with Crippen LogP contribution in [0.25, 0.3) is 0 Å². The largest absolute Gasteiger partial charge is 0.462 e.